The molecule has 0 spiro atoms. The Morgan fingerprint density at radius 2 is 2.32 bits per heavy atom. The maximum atomic E-state index is 13.1. The molecule has 28 heavy (non-hydrogen) atoms. The molecule has 0 amide bonds. The molecule has 1 saturated heterocycles. The number of rotatable bonds is 4. The molecule has 6 nitrogen and oxygen atoms in total. The van der Waals surface area contributed by atoms with Crippen molar-refractivity contribution in [2.45, 2.75) is 19.3 Å². The van der Waals surface area contributed by atoms with Crippen LogP contribution in [0, 0.1) is 17.8 Å². The summed E-state index contributed by atoms with van der Waals surface area (Å²) in [7, 11) is 1.37. The summed E-state index contributed by atoms with van der Waals surface area (Å²) in [4.78, 5) is 15.4. The average molecular weight is 390 g/mol. The van der Waals surface area contributed by atoms with Crippen LogP contribution in [0.15, 0.2) is 29.6 Å². The Balaban J connectivity index is 2.02. The molecular weight excluding hydrogens is 370 g/mol. The number of carboxylic acid groups (broad SMARTS) is 1. The van der Waals surface area contributed by atoms with Gasteiger partial charge in [0, 0.05) is 30.2 Å². The van der Waals surface area contributed by atoms with Gasteiger partial charge in [-0.1, -0.05) is 5.92 Å². The van der Waals surface area contributed by atoms with E-state index in [4.69, 9.17) is 9.47 Å². The van der Waals surface area contributed by atoms with Crippen LogP contribution in [0.1, 0.15) is 30.5 Å². The van der Waals surface area contributed by atoms with Crippen LogP contribution in [0.5, 0.6) is 5.75 Å². The normalized spacial score (nSPS) is 19.4. The van der Waals surface area contributed by atoms with Gasteiger partial charge in [-0.05, 0) is 30.9 Å². The fourth-order valence-electron chi connectivity index (χ4n) is 3.06. The predicted molar refractivity (Wildman–Crippen MR) is 97.7 cm³/mol. The maximum Gasteiger partial charge on any atom is 0.334 e. The minimum atomic E-state index is -2.78. The Morgan fingerprint density at radius 3 is 2.96 bits per heavy atom. The summed E-state index contributed by atoms with van der Waals surface area (Å²) in [6, 6.07) is 1.16. The van der Waals surface area contributed by atoms with E-state index in [1.165, 1.54) is 13.3 Å². The lowest BCUT2D eigenvalue weighted by Crippen LogP contribution is -2.25. The van der Waals surface area contributed by atoms with Gasteiger partial charge < -0.3 is 19.9 Å². The number of carbonyl (C=O) groups is 1. The van der Waals surface area contributed by atoms with Crippen molar-refractivity contribution in [2.24, 2.45) is 5.92 Å². The van der Waals surface area contributed by atoms with Crippen LogP contribution in [0.3, 0.4) is 0 Å². The number of aliphatic carboxylic acids is 1. The second-order valence-electron chi connectivity index (χ2n) is 6.40. The number of aromatic nitrogens is 1. The lowest BCUT2D eigenvalue weighted by atomic mass is 9.95. The number of dihydropyridines is 1. The number of pyridine rings is 1. The summed E-state index contributed by atoms with van der Waals surface area (Å²) in [5.74, 6) is 5.32. The molecule has 0 aromatic carbocycles. The van der Waals surface area contributed by atoms with E-state index in [1.807, 2.05) is 0 Å². The lowest BCUT2D eigenvalue weighted by Gasteiger charge is -2.20. The van der Waals surface area contributed by atoms with E-state index in [1.54, 1.807) is 6.08 Å². The van der Waals surface area contributed by atoms with Gasteiger partial charge in [-0.3, -0.25) is 4.98 Å². The number of hydrogen-bond acceptors (Lipinski definition) is 5. The third-order valence-corrected chi connectivity index (χ3v) is 4.52. The molecule has 1 aromatic rings. The van der Waals surface area contributed by atoms with Crippen LogP contribution in [0.4, 0.5) is 8.78 Å². The number of ether oxygens (including phenoxy) is 2. The molecule has 1 atom stereocenters. The summed E-state index contributed by atoms with van der Waals surface area (Å²) in [5.41, 5.74) is 0.620. The van der Waals surface area contributed by atoms with Crippen molar-refractivity contribution < 1.29 is 28.2 Å². The van der Waals surface area contributed by atoms with Crippen LogP contribution >= 0.6 is 0 Å². The largest absolute Gasteiger partial charge is 0.494 e. The Morgan fingerprint density at radius 1 is 1.50 bits per heavy atom. The molecule has 3 rings (SSSR count). The summed E-state index contributed by atoms with van der Waals surface area (Å²) in [6.45, 7) is 1.32. The molecule has 0 bridgehead atoms. The van der Waals surface area contributed by atoms with E-state index >= 15 is 0 Å². The first-order valence-electron chi connectivity index (χ1n) is 8.83. The summed E-state index contributed by atoms with van der Waals surface area (Å²) in [6.07, 6.45) is 1.83. The highest BCUT2D eigenvalue weighted by Crippen LogP contribution is 2.33. The number of halogens is 2. The minimum Gasteiger partial charge on any atom is -0.494 e. The summed E-state index contributed by atoms with van der Waals surface area (Å²) < 4.78 is 36.8. The van der Waals surface area contributed by atoms with Crippen LogP contribution in [-0.2, 0) is 9.53 Å². The topological polar surface area (TPSA) is 80.7 Å². The fourth-order valence-corrected chi connectivity index (χ4v) is 3.06. The van der Waals surface area contributed by atoms with Gasteiger partial charge in [-0.25, -0.2) is 13.6 Å². The van der Waals surface area contributed by atoms with E-state index in [9.17, 15) is 18.7 Å². The highest BCUT2D eigenvalue weighted by molar-refractivity contribution is 6.01. The van der Waals surface area contributed by atoms with E-state index in [2.05, 4.69) is 22.1 Å². The fraction of sp³-hybridized carbons (Fsp3) is 0.400. The van der Waals surface area contributed by atoms with E-state index < -0.39 is 18.1 Å². The molecule has 2 aliphatic rings. The Hall–Kier alpha value is -2.92. The number of alkyl halides is 2. The lowest BCUT2D eigenvalue weighted by molar-refractivity contribution is -0.132. The van der Waals surface area contributed by atoms with Crippen molar-refractivity contribution in [3.8, 4) is 17.6 Å². The summed E-state index contributed by atoms with van der Waals surface area (Å²) in [5, 5.41) is 12.5. The van der Waals surface area contributed by atoms with Crippen molar-refractivity contribution >= 4 is 11.5 Å². The van der Waals surface area contributed by atoms with E-state index in [0.29, 0.717) is 12.3 Å². The van der Waals surface area contributed by atoms with Gasteiger partial charge in [0.25, 0.3) is 6.43 Å². The first kappa shape index (κ1) is 19.8. The molecule has 148 valence electrons. The molecule has 0 saturated carbocycles. The zero-order valence-corrected chi connectivity index (χ0v) is 15.3. The molecule has 0 aliphatic carbocycles. The second-order valence-corrected chi connectivity index (χ2v) is 6.40. The molecule has 1 fully saturated rings. The van der Waals surface area contributed by atoms with Crippen molar-refractivity contribution in [2.75, 3.05) is 26.9 Å². The minimum absolute atomic E-state index is 0.0157. The van der Waals surface area contributed by atoms with Crippen molar-refractivity contribution in [1.82, 2.24) is 10.3 Å². The predicted octanol–water partition coefficient (Wildman–Crippen LogP) is 2.78. The third kappa shape index (κ3) is 4.49. The van der Waals surface area contributed by atoms with E-state index in [0.717, 1.165) is 25.5 Å². The van der Waals surface area contributed by atoms with Crippen LogP contribution in [0.2, 0.25) is 0 Å². The van der Waals surface area contributed by atoms with Crippen molar-refractivity contribution in [1.29, 1.82) is 0 Å². The molecule has 1 unspecified atom stereocenters. The van der Waals surface area contributed by atoms with Gasteiger partial charge >= 0.3 is 5.97 Å². The van der Waals surface area contributed by atoms with Crippen LogP contribution in [-0.4, -0.2) is 42.9 Å². The van der Waals surface area contributed by atoms with Gasteiger partial charge in [-0.2, -0.15) is 0 Å². The third-order valence-electron chi connectivity index (χ3n) is 4.52. The van der Waals surface area contributed by atoms with Crippen LogP contribution in [0.25, 0.3) is 5.57 Å². The first-order valence-corrected chi connectivity index (χ1v) is 8.83. The number of nitrogens with zero attached hydrogens (tertiary/aromatic N) is 1. The molecule has 3 heterocycles. The van der Waals surface area contributed by atoms with Gasteiger partial charge in [0.15, 0.2) is 0 Å². The first-order chi connectivity index (χ1) is 13.5. The average Bonchev–Trinajstić information content (AvgIpc) is 2.72. The van der Waals surface area contributed by atoms with E-state index in [-0.39, 0.29) is 34.9 Å². The van der Waals surface area contributed by atoms with Gasteiger partial charge in [0.1, 0.15) is 11.4 Å². The van der Waals surface area contributed by atoms with Crippen LogP contribution < -0.4 is 10.1 Å². The molecular formula is C20H20F2N2O4. The summed E-state index contributed by atoms with van der Waals surface area (Å²) >= 11 is 0. The van der Waals surface area contributed by atoms with Gasteiger partial charge in [0.2, 0.25) is 0 Å². The SMILES string of the molecule is COc1cnc(C(F)F)cc1C1=C(C(=O)O)CNC(C#CC2CCCOC2)=C1. The zero-order chi connectivity index (χ0) is 20.1. The molecule has 2 N–H and O–H groups in total. The molecule has 1 aromatic heterocycles. The number of methoxy groups -OCH3 is 1. The Labute approximate surface area is 161 Å². The highest BCUT2D eigenvalue weighted by Gasteiger charge is 2.23. The number of allylic oxidation sites excluding steroid dienone is 3. The molecule has 2 aliphatic heterocycles. The van der Waals surface area contributed by atoms with Gasteiger partial charge in [0.05, 0.1) is 31.2 Å². The quantitative estimate of drug-likeness (QED) is 0.770. The Kier molecular flexibility index (Phi) is 6.26. The second kappa shape index (κ2) is 8.85. The number of hydrogen-bond donors (Lipinski definition) is 2. The molecule has 8 heteroatoms. The van der Waals surface area contributed by atoms with Crippen molar-refractivity contribution in [3.63, 3.8) is 0 Å². The number of carboxylic acids is 1. The monoisotopic (exact) mass is 390 g/mol. The number of nitrogens with one attached hydrogen (secondary N) is 1. The standard InChI is InChI=1S/C20H20F2N2O4/c1-27-18-10-24-17(19(21)22)8-15(18)14-7-13(23-9-16(14)20(25)26)5-4-12-3-2-6-28-11-12/h7-8,10,12,19,23H,2-3,6,9,11H2,1H3,(H,25,26). The zero-order valence-electron chi connectivity index (χ0n) is 15.3. The van der Waals surface area contributed by atoms with Gasteiger partial charge in [-0.15, -0.1) is 0 Å². The highest BCUT2D eigenvalue weighted by atomic mass is 19.3. The Bertz CT molecular complexity index is 878. The molecule has 0 radical (unpaired) electrons. The maximum absolute atomic E-state index is 13.1. The van der Waals surface area contributed by atoms with Crippen molar-refractivity contribution in [3.05, 3.63) is 40.9 Å². The smallest absolute Gasteiger partial charge is 0.334 e.